The summed E-state index contributed by atoms with van der Waals surface area (Å²) in [6.45, 7) is 0.134. The Balaban J connectivity index is 1.18. The molecule has 0 saturated carbocycles. The molecule has 174 valence electrons. The van der Waals surface area contributed by atoms with Gasteiger partial charge in [-0.3, -0.25) is 24.1 Å². The number of imide groups is 1. The summed E-state index contributed by atoms with van der Waals surface area (Å²) in [6, 6.07) is 20.7. The quantitative estimate of drug-likeness (QED) is 0.383. The molecule has 0 bridgehead atoms. The first-order chi connectivity index (χ1) is 17.0. The highest BCUT2D eigenvalue weighted by molar-refractivity contribution is 6.25. The van der Waals surface area contributed by atoms with Crippen LogP contribution in [-0.4, -0.2) is 35.1 Å². The number of hydrogen-bond acceptors (Lipinski definition) is 5. The Hall–Kier alpha value is -4.72. The minimum atomic E-state index is -0.397. The second kappa shape index (κ2) is 9.26. The smallest absolute Gasteiger partial charge is 0.291 e. The Morgan fingerprint density at radius 2 is 1.46 bits per heavy atom. The number of carbonyl (C=O) groups is 4. The van der Waals surface area contributed by atoms with Crippen LogP contribution in [0.25, 0.3) is 10.8 Å². The molecule has 0 spiro atoms. The highest BCUT2D eigenvalue weighted by Crippen LogP contribution is 2.30. The number of nitrogens with one attached hydrogen (secondary N) is 2. The summed E-state index contributed by atoms with van der Waals surface area (Å²) in [7, 11) is 0. The van der Waals surface area contributed by atoms with Crippen molar-refractivity contribution in [1.82, 2.24) is 4.90 Å². The lowest BCUT2D eigenvalue weighted by Crippen LogP contribution is -2.41. The van der Waals surface area contributed by atoms with E-state index >= 15 is 0 Å². The van der Waals surface area contributed by atoms with Gasteiger partial charge in [0, 0.05) is 40.9 Å². The van der Waals surface area contributed by atoms with Crippen molar-refractivity contribution in [2.75, 3.05) is 17.2 Å². The highest BCUT2D eigenvalue weighted by Gasteiger charge is 2.32. The van der Waals surface area contributed by atoms with Crippen molar-refractivity contribution in [2.24, 2.45) is 0 Å². The Kier molecular flexibility index (Phi) is 5.85. The molecule has 0 saturated heterocycles. The number of nitrogens with zero attached hydrogens (tertiary/aromatic N) is 1. The van der Waals surface area contributed by atoms with Gasteiger partial charge in [-0.05, 0) is 54.3 Å². The molecule has 4 amide bonds. The van der Waals surface area contributed by atoms with Crippen LogP contribution in [0, 0.1) is 0 Å². The molecule has 2 N–H and O–H groups in total. The molecule has 4 aromatic rings. The van der Waals surface area contributed by atoms with Crippen molar-refractivity contribution in [3.63, 3.8) is 0 Å². The van der Waals surface area contributed by atoms with Crippen LogP contribution in [0.2, 0.25) is 0 Å². The maximum Gasteiger partial charge on any atom is 0.291 e. The molecule has 8 heteroatoms. The van der Waals surface area contributed by atoms with E-state index in [1.54, 1.807) is 60.7 Å². The summed E-state index contributed by atoms with van der Waals surface area (Å²) in [5.41, 5.74) is 2.01. The van der Waals surface area contributed by atoms with Gasteiger partial charge in [-0.25, -0.2) is 0 Å². The first kappa shape index (κ1) is 22.1. The Morgan fingerprint density at radius 3 is 2.11 bits per heavy atom. The van der Waals surface area contributed by atoms with Crippen LogP contribution in [0.3, 0.4) is 0 Å². The summed E-state index contributed by atoms with van der Waals surface area (Å²) in [5, 5.41) is 7.01. The molecule has 35 heavy (non-hydrogen) atoms. The van der Waals surface area contributed by atoms with Gasteiger partial charge in [-0.1, -0.05) is 30.3 Å². The van der Waals surface area contributed by atoms with E-state index in [0.29, 0.717) is 34.3 Å². The van der Waals surface area contributed by atoms with Crippen LogP contribution in [0.4, 0.5) is 11.4 Å². The number of hydrogen-bond donors (Lipinski definition) is 2. The summed E-state index contributed by atoms with van der Waals surface area (Å²) in [4.78, 5) is 51.7. The fourth-order valence-corrected chi connectivity index (χ4v) is 4.18. The third-order valence-corrected chi connectivity index (χ3v) is 5.79. The van der Waals surface area contributed by atoms with Gasteiger partial charge < -0.3 is 15.1 Å². The molecule has 0 fully saturated rings. The number of carbonyl (C=O) groups excluding carboxylic acids is 4. The van der Waals surface area contributed by atoms with Gasteiger partial charge in [0.2, 0.25) is 5.91 Å². The van der Waals surface area contributed by atoms with Gasteiger partial charge in [0.05, 0.1) is 6.26 Å². The zero-order valence-corrected chi connectivity index (χ0v) is 18.6. The standard InChI is InChI=1S/C27H21N3O5/c31-23(28-18-8-3-9-19(16-18)29-25(32)22-12-5-15-35-22)13-4-14-30-26(33)20-10-1-6-17-7-2-11-21(24(17)20)27(30)34/h1-3,5-12,15-16H,4,13-14H2,(H,28,31)(H,29,32). The van der Waals surface area contributed by atoms with E-state index < -0.39 is 5.91 Å². The van der Waals surface area contributed by atoms with Crippen LogP contribution >= 0.6 is 0 Å². The van der Waals surface area contributed by atoms with E-state index in [4.69, 9.17) is 4.42 Å². The van der Waals surface area contributed by atoms with E-state index in [1.165, 1.54) is 11.2 Å². The molecule has 5 rings (SSSR count). The van der Waals surface area contributed by atoms with Crippen LogP contribution in [0.1, 0.15) is 44.1 Å². The lowest BCUT2D eigenvalue weighted by atomic mass is 9.94. The largest absolute Gasteiger partial charge is 0.459 e. The molecule has 1 aliphatic heterocycles. The average Bonchev–Trinajstić information content (AvgIpc) is 3.40. The lowest BCUT2D eigenvalue weighted by Gasteiger charge is -2.27. The molecule has 2 heterocycles. The molecule has 1 aliphatic rings. The summed E-state index contributed by atoms with van der Waals surface area (Å²) in [6.07, 6.45) is 1.85. The summed E-state index contributed by atoms with van der Waals surface area (Å²) >= 11 is 0. The first-order valence-electron chi connectivity index (χ1n) is 11.1. The third-order valence-electron chi connectivity index (χ3n) is 5.79. The van der Waals surface area contributed by atoms with E-state index in [-0.39, 0.29) is 36.4 Å². The molecule has 0 radical (unpaired) electrons. The van der Waals surface area contributed by atoms with Gasteiger partial charge in [0.25, 0.3) is 17.7 Å². The molecule has 3 aromatic carbocycles. The second-order valence-corrected chi connectivity index (χ2v) is 8.14. The number of amides is 4. The molecule has 1 aromatic heterocycles. The Labute approximate surface area is 200 Å². The zero-order chi connectivity index (χ0) is 24.4. The molecular weight excluding hydrogens is 446 g/mol. The van der Waals surface area contributed by atoms with Crippen molar-refractivity contribution in [3.05, 3.63) is 95.9 Å². The number of furan rings is 1. The van der Waals surface area contributed by atoms with Gasteiger partial charge in [-0.2, -0.15) is 0 Å². The average molecular weight is 467 g/mol. The maximum absolute atomic E-state index is 13.0. The summed E-state index contributed by atoms with van der Waals surface area (Å²) in [5.74, 6) is -1.18. The molecule has 0 unspecified atom stereocenters. The van der Waals surface area contributed by atoms with E-state index in [0.717, 1.165) is 5.39 Å². The lowest BCUT2D eigenvalue weighted by molar-refractivity contribution is -0.116. The first-order valence-corrected chi connectivity index (χ1v) is 11.1. The van der Waals surface area contributed by atoms with Crippen LogP contribution in [0.5, 0.6) is 0 Å². The number of anilines is 2. The second-order valence-electron chi connectivity index (χ2n) is 8.14. The molecule has 8 nitrogen and oxygen atoms in total. The SMILES string of the molecule is O=C(CCCN1C(=O)c2cccc3cccc(c23)C1=O)Nc1cccc(NC(=O)c2ccco2)c1. The van der Waals surface area contributed by atoms with E-state index in [1.807, 2.05) is 12.1 Å². The van der Waals surface area contributed by atoms with Crippen molar-refractivity contribution < 1.29 is 23.6 Å². The van der Waals surface area contributed by atoms with Gasteiger partial charge in [0.15, 0.2) is 5.76 Å². The van der Waals surface area contributed by atoms with Crippen molar-refractivity contribution in [2.45, 2.75) is 12.8 Å². The molecular formula is C27H21N3O5. The summed E-state index contributed by atoms with van der Waals surface area (Å²) < 4.78 is 5.07. The molecule has 0 aliphatic carbocycles. The zero-order valence-electron chi connectivity index (χ0n) is 18.6. The third kappa shape index (κ3) is 4.41. The van der Waals surface area contributed by atoms with Gasteiger partial charge in [0.1, 0.15) is 0 Å². The number of benzene rings is 3. The predicted octanol–water partition coefficient (Wildman–Crippen LogP) is 4.70. The minimum absolute atomic E-state index is 0.117. The van der Waals surface area contributed by atoms with E-state index in [2.05, 4.69) is 10.6 Å². The van der Waals surface area contributed by atoms with Crippen molar-refractivity contribution in [3.8, 4) is 0 Å². The van der Waals surface area contributed by atoms with Gasteiger partial charge >= 0.3 is 0 Å². The predicted molar refractivity (Wildman–Crippen MR) is 130 cm³/mol. The Morgan fingerprint density at radius 1 is 0.800 bits per heavy atom. The minimum Gasteiger partial charge on any atom is -0.459 e. The fourth-order valence-electron chi connectivity index (χ4n) is 4.18. The topological polar surface area (TPSA) is 109 Å². The van der Waals surface area contributed by atoms with Gasteiger partial charge in [-0.15, -0.1) is 0 Å². The van der Waals surface area contributed by atoms with Crippen molar-refractivity contribution >= 4 is 45.8 Å². The van der Waals surface area contributed by atoms with Crippen LogP contribution in [-0.2, 0) is 4.79 Å². The van der Waals surface area contributed by atoms with E-state index in [9.17, 15) is 19.2 Å². The fraction of sp³-hybridized carbons (Fsp3) is 0.111. The maximum atomic E-state index is 13.0. The monoisotopic (exact) mass is 467 g/mol. The Bertz CT molecular complexity index is 1410. The van der Waals surface area contributed by atoms with Crippen LogP contribution < -0.4 is 10.6 Å². The normalized spacial score (nSPS) is 12.6. The van der Waals surface area contributed by atoms with Crippen molar-refractivity contribution in [1.29, 1.82) is 0 Å². The van der Waals surface area contributed by atoms with Crippen LogP contribution in [0.15, 0.2) is 83.5 Å². The highest BCUT2D eigenvalue weighted by atomic mass is 16.3. The number of rotatable bonds is 7. The molecule has 0 atom stereocenters.